The molecular weight excluding hydrogens is 368 g/mol. The lowest BCUT2D eigenvalue weighted by atomic mass is 9.89. The lowest BCUT2D eigenvalue weighted by Gasteiger charge is -2.53. The highest BCUT2D eigenvalue weighted by Crippen LogP contribution is 2.49. The Morgan fingerprint density at radius 3 is 2.59 bits per heavy atom. The quantitative estimate of drug-likeness (QED) is 0.584. The first kappa shape index (κ1) is 16.1. The van der Waals surface area contributed by atoms with Gasteiger partial charge in [-0.25, -0.2) is 4.79 Å². The summed E-state index contributed by atoms with van der Waals surface area (Å²) in [6.07, 6.45) is 6.66. The van der Waals surface area contributed by atoms with Crippen LogP contribution in [0.4, 0.5) is 0 Å². The van der Waals surface area contributed by atoms with Gasteiger partial charge in [0.2, 0.25) is 0 Å². The van der Waals surface area contributed by atoms with Crippen molar-refractivity contribution in [3.8, 4) is 0 Å². The lowest BCUT2D eigenvalue weighted by molar-refractivity contribution is -0.153. The Labute approximate surface area is 142 Å². The van der Waals surface area contributed by atoms with Gasteiger partial charge in [0.15, 0.2) is 5.54 Å². The number of halogens is 1. The Morgan fingerprint density at radius 2 is 2.00 bits per heavy atom. The topological polar surface area (TPSA) is 70.0 Å². The zero-order valence-corrected chi connectivity index (χ0v) is 14.9. The van der Waals surface area contributed by atoms with Crippen LogP contribution in [-0.2, 0) is 9.59 Å². The number of hydrogen-bond donors (Lipinski definition) is 1. The molecule has 2 aliphatic heterocycles. The molecule has 0 aromatic rings. The molecule has 7 heteroatoms. The molecule has 1 saturated carbocycles. The first-order chi connectivity index (χ1) is 10.4. The second-order valence-electron chi connectivity index (χ2n) is 6.14. The van der Waals surface area contributed by atoms with Crippen LogP contribution in [0.5, 0.6) is 0 Å². The monoisotopic (exact) mass is 386 g/mol. The maximum atomic E-state index is 12.6. The number of nitrogens with zero attached hydrogens (tertiary/aromatic N) is 2. The highest BCUT2D eigenvalue weighted by atomic mass is 79.9. The SMILES string of the molecule is C[C@@]1(N=C2CCCCCC2)C(=O)N2C(C(=O)O)=C(Br)CS[C@H]21. The number of carboxylic acid groups (broad SMARTS) is 1. The van der Waals surface area contributed by atoms with Crippen LogP contribution in [0.15, 0.2) is 15.2 Å². The summed E-state index contributed by atoms with van der Waals surface area (Å²) in [5.74, 6) is -0.693. The van der Waals surface area contributed by atoms with Crippen LogP contribution >= 0.6 is 27.7 Å². The predicted octanol–water partition coefficient (Wildman–Crippen LogP) is 3.15. The highest BCUT2D eigenvalue weighted by molar-refractivity contribution is 9.11. The standard InChI is InChI=1S/C15H19BrN2O3S/c1-15(17-9-6-4-2-3-5-7-9)13(21)18-11(12(19)20)10(16)8-22-14(15)18/h14H,2-8H2,1H3,(H,19,20)/t14-,15+/m0/s1. The maximum absolute atomic E-state index is 12.6. The number of carbonyl (C=O) groups is 2. The van der Waals surface area contributed by atoms with Crippen LogP contribution in [0.25, 0.3) is 0 Å². The molecule has 0 radical (unpaired) electrons. The smallest absolute Gasteiger partial charge is 0.353 e. The Kier molecular flexibility index (Phi) is 4.38. The number of amides is 1. The van der Waals surface area contributed by atoms with Crippen molar-refractivity contribution < 1.29 is 14.7 Å². The molecule has 1 N–H and O–H groups in total. The molecule has 2 heterocycles. The van der Waals surface area contributed by atoms with Crippen LogP contribution in [-0.4, -0.2) is 44.3 Å². The largest absolute Gasteiger partial charge is 0.477 e. The Morgan fingerprint density at radius 1 is 1.36 bits per heavy atom. The van der Waals surface area contributed by atoms with Gasteiger partial charge in [0.25, 0.3) is 5.91 Å². The summed E-state index contributed by atoms with van der Waals surface area (Å²) in [5.41, 5.74) is 0.394. The van der Waals surface area contributed by atoms with E-state index in [0.29, 0.717) is 10.2 Å². The summed E-state index contributed by atoms with van der Waals surface area (Å²) in [4.78, 5) is 30.2. The summed E-state index contributed by atoms with van der Waals surface area (Å²) in [7, 11) is 0. The number of β-lactam (4-membered cyclic amide) rings is 1. The second-order valence-corrected chi connectivity index (χ2v) is 8.16. The minimum absolute atomic E-state index is 0.0762. The van der Waals surface area contributed by atoms with Crippen molar-refractivity contribution >= 4 is 45.3 Å². The fraction of sp³-hybridized carbons (Fsp3) is 0.667. The van der Waals surface area contributed by atoms with Gasteiger partial charge >= 0.3 is 5.97 Å². The zero-order valence-electron chi connectivity index (χ0n) is 12.5. The van der Waals surface area contributed by atoms with Crippen LogP contribution in [0.2, 0.25) is 0 Å². The van der Waals surface area contributed by atoms with E-state index in [2.05, 4.69) is 15.9 Å². The molecule has 1 amide bonds. The molecule has 0 bridgehead atoms. The van der Waals surface area contributed by atoms with Gasteiger partial charge in [0.05, 0.1) is 0 Å². The van der Waals surface area contributed by atoms with Crippen molar-refractivity contribution in [1.82, 2.24) is 4.90 Å². The normalized spacial score (nSPS) is 32.3. The molecule has 22 heavy (non-hydrogen) atoms. The third-order valence-corrected chi connectivity index (χ3v) is 6.97. The summed E-state index contributed by atoms with van der Waals surface area (Å²) >= 11 is 4.86. The number of carboxylic acids is 1. The van der Waals surface area contributed by atoms with Gasteiger partial charge in [-0.15, -0.1) is 11.8 Å². The van der Waals surface area contributed by atoms with Gasteiger partial charge in [-0.3, -0.25) is 14.7 Å². The highest BCUT2D eigenvalue weighted by Gasteiger charge is 2.62. The molecule has 120 valence electrons. The van der Waals surface area contributed by atoms with E-state index in [4.69, 9.17) is 4.99 Å². The zero-order chi connectivity index (χ0) is 15.9. The number of thioether (sulfide) groups is 1. The van der Waals surface area contributed by atoms with Crippen LogP contribution in [0.1, 0.15) is 45.4 Å². The van der Waals surface area contributed by atoms with Gasteiger partial charge in [-0.05, 0) is 32.6 Å². The summed E-state index contributed by atoms with van der Waals surface area (Å²) < 4.78 is 0.568. The van der Waals surface area contributed by atoms with Crippen molar-refractivity contribution in [1.29, 1.82) is 0 Å². The van der Waals surface area contributed by atoms with Gasteiger partial charge in [0.1, 0.15) is 11.1 Å². The van der Waals surface area contributed by atoms with Gasteiger partial charge in [-0.2, -0.15) is 0 Å². The van der Waals surface area contributed by atoms with Crippen molar-refractivity contribution in [3.63, 3.8) is 0 Å². The molecule has 2 fully saturated rings. The molecule has 3 rings (SSSR count). The molecule has 2 atom stereocenters. The molecule has 3 aliphatic rings. The van der Waals surface area contributed by atoms with E-state index in [1.807, 2.05) is 6.92 Å². The second kappa shape index (κ2) is 6.00. The summed E-state index contributed by atoms with van der Waals surface area (Å²) in [6.45, 7) is 1.85. The molecule has 0 spiro atoms. The third kappa shape index (κ3) is 2.52. The van der Waals surface area contributed by atoms with Crippen molar-refractivity contribution in [2.75, 3.05) is 5.75 Å². The predicted molar refractivity (Wildman–Crippen MR) is 90.2 cm³/mol. The first-order valence-corrected chi connectivity index (χ1v) is 9.44. The molecular formula is C15H19BrN2O3S. The van der Waals surface area contributed by atoms with Crippen LogP contribution in [0, 0.1) is 0 Å². The number of aliphatic carboxylic acids is 1. The minimum atomic E-state index is -1.06. The average Bonchev–Trinajstić information content (AvgIpc) is 2.74. The van der Waals surface area contributed by atoms with E-state index in [1.54, 1.807) is 11.8 Å². The number of carbonyl (C=O) groups excluding carboxylic acids is 1. The lowest BCUT2D eigenvalue weighted by Crippen LogP contribution is -2.71. The molecule has 5 nitrogen and oxygen atoms in total. The number of aliphatic imine (C=N–C) groups is 1. The summed E-state index contributed by atoms with van der Waals surface area (Å²) in [5, 5.41) is 9.15. The van der Waals surface area contributed by atoms with Crippen molar-refractivity contribution in [2.45, 2.75) is 56.4 Å². The van der Waals surface area contributed by atoms with E-state index >= 15 is 0 Å². The van der Waals surface area contributed by atoms with Crippen LogP contribution in [0.3, 0.4) is 0 Å². The molecule has 0 aromatic heterocycles. The number of rotatable bonds is 2. The van der Waals surface area contributed by atoms with E-state index in [1.165, 1.54) is 17.7 Å². The number of hydrogen-bond acceptors (Lipinski definition) is 4. The van der Waals surface area contributed by atoms with Gasteiger partial charge in [-0.1, -0.05) is 28.8 Å². The molecule has 1 aliphatic carbocycles. The van der Waals surface area contributed by atoms with E-state index in [-0.39, 0.29) is 17.0 Å². The molecule has 0 unspecified atom stereocenters. The average molecular weight is 387 g/mol. The van der Waals surface area contributed by atoms with E-state index < -0.39 is 11.5 Å². The Hall–Kier alpha value is -0.820. The third-order valence-electron chi connectivity index (χ3n) is 4.51. The molecule has 1 saturated heterocycles. The maximum Gasteiger partial charge on any atom is 0.353 e. The first-order valence-electron chi connectivity index (χ1n) is 7.60. The Bertz CT molecular complexity index is 579. The van der Waals surface area contributed by atoms with Crippen molar-refractivity contribution in [3.05, 3.63) is 10.2 Å². The van der Waals surface area contributed by atoms with E-state index in [9.17, 15) is 14.7 Å². The minimum Gasteiger partial charge on any atom is -0.477 e. The molecule has 0 aromatic carbocycles. The summed E-state index contributed by atoms with van der Waals surface area (Å²) in [6, 6.07) is 0. The van der Waals surface area contributed by atoms with Gasteiger partial charge in [0, 0.05) is 15.9 Å². The fourth-order valence-corrected chi connectivity index (χ4v) is 5.37. The van der Waals surface area contributed by atoms with Gasteiger partial charge < -0.3 is 5.11 Å². The van der Waals surface area contributed by atoms with E-state index in [0.717, 1.165) is 31.4 Å². The Balaban J connectivity index is 1.87. The number of fused-ring (bicyclic) bond motifs is 1. The fourth-order valence-electron chi connectivity index (χ4n) is 3.35. The van der Waals surface area contributed by atoms with Crippen LogP contribution < -0.4 is 0 Å². The van der Waals surface area contributed by atoms with Crippen molar-refractivity contribution in [2.24, 2.45) is 4.99 Å².